The summed E-state index contributed by atoms with van der Waals surface area (Å²) in [5, 5.41) is 3.41. The lowest BCUT2D eigenvalue weighted by Gasteiger charge is -2.22. The summed E-state index contributed by atoms with van der Waals surface area (Å²) in [6.45, 7) is 10.1. The van der Waals surface area contributed by atoms with Gasteiger partial charge in [-0.1, -0.05) is 6.92 Å². The molecular formula is C17H26N4O. The molecule has 5 heteroatoms. The lowest BCUT2D eigenvalue weighted by atomic mass is 10.0. The Kier molecular flexibility index (Phi) is 4.62. The van der Waals surface area contributed by atoms with E-state index in [1.54, 1.807) is 6.20 Å². The molecule has 0 saturated carbocycles. The van der Waals surface area contributed by atoms with Gasteiger partial charge in [-0.3, -0.25) is 4.79 Å². The number of nitrogens with zero attached hydrogens (tertiary/aromatic N) is 3. The summed E-state index contributed by atoms with van der Waals surface area (Å²) < 4.78 is 0. The van der Waals surface area contributed by atoms with Gasteiger partial charge in [-0.05, 0) is 37.3 Å². The third kappa shape index (κ3) is 2.95. The molecule has 5 nitrogen and oxygen atoms in total. The Balaban J connectivity index is 1.66. The fourth-order valence-corrected chi connectivity index (χ4v) is 3.61. The van der Waals surface area contributed by atoms with E-state index in [4.69, 9.17) is 0 Å². The number of carbonyl (C=O) groups excluding carboxylic acids is 1. The van der Waals surface area contributed by atoms with Gasteiger partial charge in [-0.15, -0.1) is 0 Å². The van der Waals surface area contributed by atoms with Crippen LogP contribution in [-0.2, 0) is 0 Å². The maximum atomic E-state index is 12.6. The Morgan fingerprint density at radius 2 is 2.05 bits per heavy atom. The minimum atomic E-state index is 0.131. The predicted octanol–water partition coefficient (Wildman–Crippen LogP) is 1.61. The molecule has 1 aromatic heterocycles. The molecule has 0 spiro atoms. The van der Waals surface area contributed by atoms with E-state index in [1.807, 2.05) is 17.0 Å². The second kappa shape index (κ2) is 6.65. The molecule has 0 radical (unpaired) electrons. The van der Waals surface area contributed by atoms with Crippen molar-refractivity contribution in [2.75, 3.05) is 44.2 Å². The van der Waals surface area contributed by atoms with Crippen LogP contribution in [-0.4, -0.2) is 55.1 Å². The number of aromatic nitrogens is 1. The molecule has 0 aromatic carbocycles. The van der Waals surface area contributed by atoms with E-state index in [1.165, 1.54) is 0 Å². The number of fused-ring (bicyclic) bond motifs is 1. The first-order chi connectivity index (χ1) is 10.7. The van der Waals surface area contributed by atoms with Crippen LogP contribution in [0.15, 0.2) is 18.3 Å². The molecule has 0 bridgehead atoms. The second-order valence-electron chi connectivity index (χ2n) is 6.37. The van der Waals surface area contributed by atoms with Gasteiger partial charge < -0.3 is 15.1 Å². The van der Waals surface area contributed by atoms with E-state index in [0.29, 0.717) is 17.4 Å². The summed E-state index contributed by atoms with van der Waals surface area (Å²) in [7, 11) is 0. The third-order valence-electron chi connectivity index (χ3n) is 4.87. The number of nitrogens with one attached hydrogen (secondary N) is 1. The summed E-state index contributed by atoms with van der Waals surface area (Å²) >= 11 is 0. The summed E-state index contributed by atoms with van der Waals surface area (Å²) in [6.07, 6.45) is 2.84. The van der Waals surface area contributed by atoms with Crippen LogP contribution in [0.1, 0.15) is 30.6 Å². The van der Waals surface area contributed by atoms with Crippen molar-refractivity contribution in [3.05, 3.63) is 23.9 Å². The van der Waals surface area contributed by atoms with Gasteiger partial charge in [0.2, 0.25) is 0 Å². The third-order valence-corrected chi connectivity index (χ3v) is 4.87. The Labute approximate surface area is 132 Å². The average molecular weight is 302 g/mol. The van der Waals surface area contributed by atoms with E-state index in [0.717, 1.165) is 51.5 Å². The van der Waals surface area contributed by atoms with Crippen molar-refractivity contribution in [1.82, 2.24) is 15.2 Å². The first kappa shape index (κ1) is 15.3. The van der Waals surface area contributed by atoms with Crippen molar-refractivity contribution in [3.8, 4) is 0 Å². The van der Waals surface area contributed by atoms with E-state index in [-0.39, 0.29) is 5.91 Å². The highest BCUT2D eigenvalue weighted by Crippen LogP contribution is 2.27. The summed E-state index contributed by atoms with van der Waals surface area (Å²) in [6, 6.07) is 3.90. The Morgan fingerprint density at radius 3 is 2.59 bits per heavy atom. The van der Waals surface area contributed by atoms with Gasteiger partial charge in [-0.2, -0.15) is 0 Å². The number of likely N-dealkylation sites (tertiary alicyclic amines) is 1. The van der Waals surface area contributed by atoms with Gasteiger partial charge in [-0.25, -0.2) is 4.98 Å². The lowest BCUT2D eigenvalue weighted by molar-refractivity contribution is 0.0781. The number of carbonyl (C=O) groups is 1. The van der Waals surface area contributed by atoms with Gasteiger partial charge in [0, 0.05) is 45.5 Å². The summed E-state index contributed by atoms with van der Waals surface area (Å²) in [5.74, 6) is 2.36. The minimum Gasteiger partial charge on any atom is -0.357 e. The number of rotatable bonds is 5. The molecule has 2 atom stereocenters. The summed E-state index contributed by atoms with van der Waals surface area (Å²) in [5.41, 5.74) is 0.712. The molecule has 2 aliphatic heterocycles. The molecule has 2 aliphatic rings. The van der Waals surface area contributed by atoms with Crippen LogP contribution in [0.3, 0.4) is 0 Å². The van der Waals surface area contributed by atoms with Crippen LogP contribution in [0.2, 0.25) is 0 Å². The fourth-order valence-electron chi connectivity index (χ4n) is 3.61. The van der Waals surface area contributed by atoms with Gasteiger partial charge in [0.1, 0.15) is 5.82 Å². The molecule has 3 rings (SSSR count). The molecule has 2 saturated heterocycles. The number of hydrogen-bond donors (Lipinski definition) is 1. The highest BCUT2D eigenvalue weighted by atomic mass is 16.2. The SMILES string of the molecule is CCCN(CC)c1ccc(C(=O)N2C[C@H]3CNC[C@H]3C2)cn1. The van der Waals surface area contributed by atoms with E-state index >= 15 is 0 Å². The quantitative estimate of drug-likeness (QED) is 0.898. The van der Waals surface area contributed by atoms with E-state index < -0.39 is 0 Å². The number of amides is 1. The first-order valence-corrected chi connectivity index (χ1v) is 8.44. The normalized spacial score (nSPS) is 23.6. The Morgan fingerprint density at radius 1 is 1.32 bits per heavy atom. The molecule has 0 unspecified atom stereocenters. The van der Waals surface area contributed by atoms with Crippen molar-refractivity contribution < 1.29 is 4.79 Å². The average Bonchev–Trinajstić information content (AvgIpc) is 3.13. The maximum absolute atomic E-state index is 12.6. The van der Waals surface area contributed by atoms with Crippen molar-refractivity contribution in [2.45, 2.75) is 20.3 Å². The highest BCUT2D eigenvalue weighted by Gasteiger charge is 2.38. The van der Waals surface area contributed by atoms with Crippen LogP contribution in [0.5, 0.6) is 0 Å². The first-order valence-electron chi connectivity index (χ1n) is 8.44. The molecule has 1 N–H and O–H groups in total. The fraction of sp³-hybridized carbons (Fsp3) is 0.647. The van der Waals surface area contributed by atoms with Gasteiger partial charge in [0.25, 0.3) is 5.91 Å². The molecule has 120 valence electrons. The predicted molar refractivity (Wildman–Crippen MR) is 88.2 cm³/mol. The zero-order chi connectivity index (χ0) is 15.5. The van der Waals surface area contributed by atoms with Crippen LogP contribution in [0, 0.1) is 11.8 Å². The molecule has 22 heavy (non-hydrogen) atoms. The van der Waals surface area contributed by atoms with Crippen molar-refractivity contribution in [3.63, 3.8) is 0 Å². The topological polar surface area (TPSA) is 48.5 Å². The van der Waals surface area contributed by atoms with Crippen molar-refractivity contribution in [2.24, 2.45) is 11.8 Å². The second-order valence-corrected chi connectivity index (χ2v) is 6.37. The van der Waals surface area contributed by atoms with E-state index in [9.17, 15) is 4.79 Å². The molecule has 0 aliphatic carbocycles. The number of hydrogen-bond acceptors (Lipinski definition) is 4. The van der Waals surface area contributed by atoms with E-state index in [2.05, 4.69) is 29.0 Å². The monoisotopic (exact) mass is 302 g/mol. The van der Waals surface area contributed by atoms with Crippen LogP contribution < -0.4 is 10.2 Å². The Bertz CT molecular complexity index is 504. The standard InChI is InChI=1S/C17H26N4O/c1-3-7-20(4-2)16-6-5-13(10-19-16)17(22)21-11-14-8-18-9-15(14)12-21/h5-6,10,14-15,18H,3-4,7-9,11-12H2,1-2H3/t14-,15+. The Hall–Kier alpha value is -1.62. The molecule has 3 heterocycles. The van der Waals surface area contributed by atoms with Crippen LogP contribution in [0.4, 0.5) is 5.82 Å². The van der Waals surface area contributed by atoms with Gasteiger partial charge in [0.15, 0.2) is 0 Å². The molecule has 1 aromatic rings. The van der Waals surface area contributed by atoms with Crippen molar-refractivity contribution >= 4 is 11.7 Å². The number of pyridine rings is 1. The zero-order valence-electron chi connectivity index (χ0n) is 13.6. The smallest absolute Gasteiger partial charge is 0.255 e. The lowest BCUT2D eigenvalue weighted by Crippen LogP contribution is -2.32. The van der Waals surface area contributed by atoms with Crippen LogP contribution >= 0.6 is 0 Å². The van der Waals surface area contributed by atoms with Crippen molar-refractivity contribution in [1.29, 1.82) is 0 Å². The maximum Gasteiger partial charge on any atom is 0.255 e. The summed E-state index contributed by atoms with van der Waals surface area (Å²) in [4.78, 5) is 21.3. The molecule has 2 fully saturated rings. The van der Waals surface area contributed by atoms with Crippen LogP contribution in [0.25, 0.3) is 0 Å². The molecule has 1 amide bonds. The zero-order valence-corrected chi connectivity index (χ0v) is 13.6. The minimum absolute atomic E-state index is 0.131. The van der Waals surface area contributed by atoms with Gasteiger partial charge in [0.05, 0.1) is 5.56 Å². The highest BCUT2D eigenvalue weighted by molar-refractivity contribution is 5.94. The largest absolute Gasteiger partial charge is 0.357 e. The molecular weight excluding hydrogens is 276 g/mol. The number of anilines is 1. The van der Waals surface area contributed by atoms with Gasteiger partial charge >= 0.3 is 0 Å².